The molecule has 10 heteroatoms. The van der Waals surface area contributed by atoms with Crippen LogP contribution < -0.4 is 15.6 Å². The molecule has 2 atom stereocenters. The first-order valence-corrected chi connectivity index (χ1v) is 17.4. The SMILES string of the molecule is Cc1ccc(CCNNC(=O)[C@@]2(Cc3ccccc3CN=[N+]=[N-])N=C(c3ccc(OCCCO)cc3)O[C@H]2c2ccc(-c3ccccc3)cc2)cc1. The molecule has 0 unspecified atom stereocenters. The highest BCUT2D eigenvalue weighted by Crippen LogP contribution is 2.43. The van der Waals surface area contributed by atoms with Gasteiger partial charge >= 0.3 is 0 Å². The number of ether oxygens (including phenoxy) is 2. The molecule has 0 saturated heterocycles. The number of carbonyl (C=O) groups excluding carboxylic acids is 1. The zero-order valence-corrected chi connectivity index (χ0v) is 29.1. The molecule has 1 aliphatic rings. The molecule has 0 saturated carbocycles. The van der Waals surface area contributed by atoms with Gasteiger partial charge in [0.25, 0.3) is 5.91 Å². The molecule has 264 valence electrons. The largest absolute Gasteiger partial charge is 0.494 e. The molecule has 0 spiro atoms. The van der Waals surface area contributed by atoms with Gasteiger partial charge in [-0.1, -0.05) is 114 Å². The Kier molecular flexibility index (Phi) is 12.0. The summed E-state index contributed by atoms with van der Waals surface area (Å²) in [6.07, 6.45) is 0.608. The van der Waals surface area contributed by atoms with Crippen molar-refractivity contribution in [2.45, 2.75) is 44.4 Å². The van der Waals surface area contributed by atoms with Crippen LogP contribution in [-0.4, -0.2) is 42.2 Å². The van der Waals surface area contributed by atoms with Gasteiger partial charge in [-0.25, -0.2) is 10.4 Å². The van der Waals surface area contributed by atoms with Gasteiger partial charge in [-0.15, -0.1) is 0 Å². The molecule has 0 bridgehead atoms. The molecular formula is C42H42N6O4. The molecule has 1 aliphatic heterocycles. The molecule has 5 aromatic carbocycles. The van der Waals surface area contributed by atoms with E-state index in [9.17, 15) is 4.79 Å². The van der Waals surface area contributed by atoms with Crippen molar-refractivity contribution in [3.63, 3.8) is 0 Å². The number of amides is 1. The summed E-state index contributed by atoms with van der Waals surface area (Å²) in [4.78, 5) is 22.9. The monoisotopic (exact) mass is 694 g/mol. The quantitative estimate of drug-likeness (QED) is 0.0321. The second-order valence-electron chi connectivity index (χ2n) is 12.7. The molecule has 52 heavy (non-hydrogen) atoms. The minimum absolute atomic E-state index is 0.0490. The van der Waals surface area contributed by atoms with Crippen LogP contribution in [0.15, 0.2) is 138 Å². The average Bonchev–Trinajstić information content (AvgIpc) is 3.58. The number of benzene rings is 5. The topological polar surface area (TPSA) is 141 Å². The number of hydrazine groups is 1. The molecule has 6 rings (SSSR count). The lowest BCUT2D eigenvalue weighted by atomic mass is 9.80. The molecule has 3 N–H and O–H groups in total. The van der Waals surface area contributed by atoms with Gasteiger partial charge in [0.05, 0.1) is 13.2 Å². The molecule has 0 aliphatic carbocycles. The lowest BCUT2D eigenvalue weighted by Gasteiger charge is -2.31. The predicted molar refractivity (Wildman–Crippen MR) is 203 cm³/mol. The van der Waals surface area contributed by atoms with Crippen LogP contribution in [-0.2, 0) is 28.9 Å². The minimum Gasteiger partial charge on any atom is -0.494 e. The van der Waals surface area contributed by atoms with E-state index in [1.165, 1.54) is 5.56 Å². The minimum atomic E-state index is -1.46. The standard InChI is InChI=1S/C42H42N6O4/c1-30-12-14-31(15-13-30)24-25-44-47-41(50)42(28-36-10-5-6-11-37(36)29-45-48-43)39(34-18-16-33(17-19-34)32-8-3-2-4-9-32)52-40(46-42)35-20-22-38(23-21-35)51-27-7-26-49/h2-6,8-23,39,44,49H,7,24-29H2,1H3,(H,47,50)/t39-,42-/m0/s1. The third-order valence-electron chi connectivity index (χ3n) is 9.09. The zero-order valence-electron chi connectivity index (χ0n) is 29.1. The van der Waals surface area contributed by atoms with Crippen molar-refractivity contribution in [2.75, 3.05) is 19.8 Å². The lowest BCUT2D eigenvalue weighted by molar-refractivity contribution is -0.130. The van der Waals surface area contributed by atoms with Gasteiger partial charge in [-0.05, 0) is 76.5 Å². The maximum atomic E-state index is 14.7. The number of aliphatic imine (C=N–C) groups is 1. The summed E-state index contributed by atoms with van der Waals surface area (Å²) < 4.78 is 12.5. The summed E-state index contributed by atoms with van der Waals surface area (Å²) in [5.41, 5.74) is 21.3. The average molecular weight is 695 g/mol. The first-order valence-electron chi connectivity index (χ1n) is 17.4. The molecule has 1 amide bonds. The van der Waals surface area contributed by atoms with Crippen molar-refractivity contribution < 1.29 is 19.4 Å². The number of carbonyl (C=O) groups is 1. The van der Waals surface area contributed by atoms with Crippen molar-refractivity contribution in [3.8, 4) is 16.9 Å². The van der Waals surface area contributed by atoms with E-state index < -0.39 is 11.6 Å². The van der Waals surface area contributed by atoms with Gasteiger partial charge in [-0.3, -0.25) is 10.2 Å². The smallest absolute Gasteiger partial charge is 0.266 e. The Balaban J connectivity index is 1.38. The van der Waals surface area contributed by atoms with Crippen molar-refractivity contribution in [1.29, 1.82) is 0 Å². The Bertz CT molecular complexity index is 2010. The van der Waals surface area contributed by atoms with E-state index >= 15 is 0 Å². The number of aliphatic hydroxyl groups is 1. The highest BCUT2D eigenvalue weighted by molar-refractivity contribution is 6.01. The third kappa shape index (κ3) is 8.68. The van der Waals surface area contributed by atoms with Crippen LogP contribution in [0.5, 0.6) is 5.75 Å². The fourth-order valence-electron chi connectivity index (χ4n) is 6.26. The molecule has 5 aromatic rings. The highest BCUT2D eigenvalue weighted by atomic mass is 16.5. The lowest BCUT2D eigenvalue weighted by Crippen LogP contribution is -2.54. The van der Waals surface area contributed by atoms with Gasteiger partial charge in [-0.2, -0.15) is 0 Å². The van der Waals surface area contributed by atoms with Gasteiger partial charge in [0.1, 0.15) is 5.75 Å². The van der Waals surface area contributed by atoms with Gasteiger partial charge < -0.3 is 14.6 Å². The Morgan fingerprint density at radius 2 is 1.56 bits per heavy atom. The van der Waals surface area contributed by atoms with Crippen LogP contribution in [0.25, 0.3) is 21.6 Å². The van der Waals surface area contributed by atoms with E-state index in [-0.39, 0.29) is 25.5 Å². The highest BCUT2D eigenvalue weighted by Gasteiger charge is 2.53. The van der Waals surface area contributed by atoms with Crippen LogP contribution in [0.2, 0.25) is 0 Å². The van der Waals surface area contributed by atoms with E-state index in [0.717, 1.165) is 33.4 Å². The number of azide groups is 1. The second-order valence-corrected chi connectivity index (χ2v) is 12.7. The Morgan fingerprint density at radius 3 is 2.27 bits per heavy atom. The maximum Gasteiger partial charge on any atom is 0.266 e. The number of aryl methyl sites for hydroxylation is 1. The normalized spacial score (nSPS) is 16.3. The van der Waals surface area contributed by atoms with E-state index in [1.54, 1.807) is 0 Å². The summed E-state index contributed by atoms with van der Waals surface area (Å²) in [7, 11) is 0. The predicted octanol–water partition coefficient (Wildman–Crippen LogP) is 7.60. The van der Waals surface area contributed by atoms with Crippen LogP contribution in [0.1, 0.15) is 45.9 Å². The Labute approximate surface area is 303 Å². The molecule has 10 nitrogen and oxygen atoms in total. The number of nitrogens with zero attached hydrogens (tertiary/aromatic N) is 4. The van der Waals surface area contributed by atoms with Crippen molar-refractivity contribution in [3.05, 3.63) is 171 Å². The number of hydrogen-bond acceptors (Lipinski definition) is 7. The molecule has 1 heterocycles. The van der Waals surface area contributed by atoms with Crippen molar-refractivity contribution in [2.24, 2.45) is 10.1 Å². The third-order valence-corrected chi connectivity index (χ3v) is 9.09. The molecule has 0 radical (unpaired) electrons. The van der Waals surface area contributed by atoms with E-state index in [1.807, 2.05) is 91.0 Å². The Morgan fingerprint density at radius 1 is 0.885 bits per heavy atom. The summed E-state index contributed by atoms with van der Waals surface area (Å²) in [5, 5.41) is 13.0. The van der Waals surface area contributed by atoms with Crippen LogP contribution in [0.4, 0.5) is 0 Å². The van der Waals surface area contributed by atoms with Crippen molar-refractivity contribution >= 4 is 11.8 Å². The summed E-state index contributed by atoms with van der Waals surface area (Å²) >= 11 is 0. The summed E-state index contributed by atoms with van der Waals surface area (Å²) in [5.74, 6) is 0.616. The number of aliphatic hydroxyl groups excluding tert-OH is 1. The molecular weight excluding hydrogens is 652 g/mol. The molecule has 0 aromatic heterocycles. The van der Waals surface area contributed by atoms with Gasteiger partial charge in [0.2, 0.25) is 5.90 Å². The second kappa shape index (κ2) is 17.3. The van der Waals surface area contributed by atoms with Crippen LogP contribution >= 0.6 is 0 Å². The van der Waals surface area contributed by atoms with Gasteiger partial charge in [0, 0.05) is 36.5 Å². The first kappa shape index (κ1) is 35.9. The number of hydrogen-bond donors (Lipinski definition) is 3. The van der Waals surface area contributed by atoms with E-state index in [4.69, 9.17) is 25.1 Å². The van der Waals surface area contributed by atoms with Crippen LogP contribution in [0.3, 0.4) is 0 Å². The first-order chi connectivity index (χ1) is 25.5. The zero-order chi connectivity index (χ0) is 36.2. The van der Waals surface area contributed by atoms with E-state index in [0.29, 0.717) is 43.2 Å². The maximum absolute atomic E-state index is 14.7. The molecule has 0 fully saturated rings. The Hall–Kier alpha value is -5.93. The fraction of sp³-hybridized carbons (Fsp3) is 0.238. The van der Waals surface area contributed by atoms with Gasteiger partial charge in [0.15, 0.2) is 11.6 Å². The van der Waals surface area contributed by atoms with Crippen molar-refractivity contribution in [1.82, 2.24) is 10.9 Å². The summed E-state index contributed by atoms with van der Waals surface area (Å²) in [6, 6.07) is 41.4. The number of rotatable bonds is 16. The fourth-order valence-corrected chi connectivity index (χ4v) is 6.26. The summed E-state index contributed by atoms with van der Waals surface area (Å²) in [6.45, 7) is 3.13. The van der Waals surface area contributed by atoms with Crippen LogP contribution in [0, 0.1) is 6.92 Å². The van der Waals surface area contributed by atoms with E-state index in [2.05, 4.69) is 64.2 Å². The number of nitrogens with one attached hydrogen (secondary N) is 2.